The summed E-state index contributed by atoms with van der Waals surface area (Å²) < 4.78 is 1.73. The van der Waals surface area contributed by atoms with Gasteiger partial charge in [0.25, 0.3) is 0 Å². The Morgan fingerprint density at radius 1 is 1.46 bits per heavy atom. The van der Waals surface area contributed by atoms with Crippen LogP contribution in [0.5, 0.6) is 0 Å². The minimum absolute atomic E-state index is 0.755. The van der Waals surface area contributed by atoms with Crippen molar-refractivity contribution in [2.24, 2.45) is 13.0 Å². The molecule has 0 bridgehead atoms. The van der Waals surface area contributed by atoms with E-state index in [0.717, 1.165) is 25.0 Å². The van der Waals surface area contributed by atoms with Crippen molar-refractivity contribution < 1.29 is 0 Å². The smallest absolute Gasteiger partial charge is 0.245 e. The number of nitrogens with zero attached hydrogens (tertiary/aromatic N) is 5. The molecular formula is C8H15N5. The topological polar surface area (TPSA) is 46.8 Å². The monoisotopic (exact) mass is 181 g/mol. The molecule has 13 heavy (non-hydrogen) atoms. The largest absolute Gasteiger partial charge is 0.339 e. The Hall–Kier alpha value is -1.13. The van der Waals surface area contributed by atoms with Gasteiger partial charge in [0.15, 0.2) is 0 Å². The Kier molecular flexibility index (Phi) is 2.16. The van der Waals surface area contributed by atoms with Crippen LogP contribution in [-0.4, -0.2) is 33.3 Å². The van der Waals surface area contributed by atoms with Crippen LogP contribution in [0.3, 0.4) is 0 Å². The molecule has 0 unspecified atom stereocenters. The third-order valence-electron chi connectivity index (χ3n) is 2.54. The predicted octanol–water partition coefficient (Wildman–Crippen LogP) is 0.446. The maximum atomic E-state index is 4.00. The molecule has 0 saturated carbocycles. The number of hydrogen-bond acceptors (Lipinski definition) is 4. The van der Waals surface area contributed by atoms with Crippen LogP contribution in [0.1, 0.15) is 19.8 Å². The van der Waals surface area contributed by atoms with Crippen molar-refractivity contribution in [3.05, 3.63) is 0 Å². The number of aryl methyl sites for hydroxylation is 1. The normalized spacial score (nSPS) is 23.5. The van der Waals surface area contributed by atoms with Crippen molar-refractivity contribution in [3.8, 4) is 0 Å². The summed E-state index contributed by atoms with van der Waals surface area (Å²) in [5, 5.41) is 11.5. The van der Waals surface area contributed by atoms with E-state index in [9.17, 15) is 0 Å². The molecule has 1 aliphatic heterocycles. The van der Waals surface area contributed by atoms with E-state index in [2.05, 4.69) is 27.3 Å². The van der Waals surface area contributed by atoms with Gasteiger partial charge in [-0.15, -0.1) is 0 Å². The minimum atomic E-state index is 0.755. The first-order valence-electron chi connectivity index (χ1n) is 4.74. The first-order chi connectivity index (χ1) is 6.27. The number of rotatable bonds is 1. The maximum Gasteiger partial charge on any atom is 0.245 e. The zero-order valence-electron chi connectivity index (χ0n) is 8.14. The summed E-state index contributed by atoms with van der Waals surface area (Å²) in [4.78, 5) is 2.26. The number of anilines is 1. The molecule has 1 aliphatic rings. The molecule has 5 heteroatoms. The quantitative estimate of drug-likeness (QED) is 0.631. The van der Waals surface area contributed by atoms with Crippen molar-refractivity contribution in [1.29, 1.82) is 0 Å². The molecule has 0 amide bonds. The average molecular weight is 181 g/mol. The lowest BCUT2D eigenvalue weighted by Crippen LogP contribution is -2.36. The summed E-state index contributed by atoms with van der Waals surface area (Å²) >= 11 is 0. The average Bonchev–Trinajstić information content (AvgIpc) is 2.51. The second kappa shape index (κ2) is 3.32. The Morgan fingerprint density at radius 2 is 2.31 bits per heavy atom. The molecule has 72 valence electrons. The van der Waals surface area contributed by atoms with Crippen LogP contribution in [0.25, 0.3) is 0 Å². The van der Waals surface area contributed by atoms with Crippen LogP contribution in [0, 0.1) is 5.92 Å². The van der Waals surface area contributed by atoms with Gasteiger partial charge in [-0.1, -0.05) is 12.0 Å². The van der Waals surface area contributed by atoms with Gasteiger partial charge in [-0.25, -0.2) is 4.68 Å². The van der Waals surface area contributed by atoms with Crippen LogP contribution in [0.15, 0.2) is 0 Å². The zero-order chi connectivity index (χ0) is 9.26. The molecule has 0 aliphatic carbocycles. The second-order valence-electron chi connectivity index (χ2n) is 3.80. The molecule has 1 aromatic rings. The number of hydrogen-bond donors (Lipinski definition) is 0. The number of piperidine rings is 1. The Labute approximate surface area is 77.7 Å². The van der Waals surface area contributed by atoms with E-state index in [4.69, 9.17) is 0 Å². The van der Waals surface area contributed by atoms with Gasteiger partial charge in [0.05, 0.1) is 0 Å². The molecule has 1 fully saturated rings. The minimum Gasteiger partial charge on any atom is -0.339 e. The van der Waals surface area contributed by atoms with Gasteiger partial charge in [0, 0.05) is 20.1 Å². The number of tetrazole rings is 1. The van der Waals surface area contributed by atoms with E-state index in [1.165, 1.54) is 12.8 Å². The van der Waals surface area contributed by atoms with Gasteiger partial charge in [0.1, 0.15) is 0 Å². The van der Waals surface area contributed by atoms with Crippen molar-refractivity contribution in [2.45, 2.75) is 19.8 Å². The summed E-state index contributed by atoms with van der Waals surface area (Å²) in [6.07, 6.45) is 2.57. The summed E-state index contributed by atoms with van der Waals surface area (Å²) in [7, 11) is 1.88. The van der Waals surface area contributed by atoms with Crippen LogP contribution in [0.2, 0.25) is 0 Å². The highest BCUT2D eigenvalue weighted by atomic mass is 15.6. The molecule has 0 aromatic carbocycles. The lowest BCUT2D eigenvalue weighted by atomic mass is 10.0. The highest BCUT2D eigenvalue weighted by Gasteiger charge is 2.19. The highest BCUT2D eigenvalue weighted by molar-refractivity contribution is 5.28. The first kappa shape index (κ1) is 8.47. The molecule has 0 spiro atoms. The van der Waals surface area contributed by atoms with E-state index >= 15 is 0 Å². The van der Waals surface area contributed by atoms with Gasteiger partial charge in [0.2, 0.25) is 5.95 Å². The SMILES string of the molecule is C[C@H]1CCCN(c2nnnn2C)C1. The van der Waals surface area contributed by atoms with E-state index in [1.807, 2.05) is 7.05 Å². The Bertz CT molecular complexity index is 282. The Morgan fingerprint density at radius 3 is 2.92 bits per heavy atom. The second-order valence-corrected chi connectivity index (χ2v) is 3.80. The molecule has 0 N–H and O–H groups in total. The van der Waals surface area contributed by atoms with Crippen molar-refractivity contribution in [1.82, 2.24) is 20.2 Å². The van der Waals surface area contributed by atoms with Gasteiger partial charge in [-0.05, 0) is 29.2 Å². The summed E-state index contributed by atoms with van der Waals surface area (Å²) in [6, 6.07) is 0. The number of aromatic nitrogens is 4. The zero-order valence-corrected chi connectivity index (χ0v) is 8.14. The third-order valence-corrected chi connectivity index (χ3v) is 2.54. The molecule has 1 saturated heterocycles. The van der Waals surface area contributed by atoms with E-state index in [-0.39, 0.29) is 0 Å². The molecule has 0 radical (unpaired) electrons. The molecular weight excluding hydrogens is 166 g/mol. The fourth-order valence-corrected chi connectivity index (χ4v) is 1.86. The van der Waals surface area contributed by atoms with Crippen molar-refractivity contribution >= 4 is 5.95 Å². The van der Waals surface area contributed by atoms with Gasteiger partial charge in [-0.3, -0.25) is 0 Å². The summed E-state index contributed by atoms with van der Waals surface area (Å²) in [5.74, 6) is 1.65. The Balaban J connectivity index is 2.12. The highest BCUT2D eigenvalue weighted by Crippen LogP contribution is 2.19. The van der Waals surface area contributed by atoms with E-state index in [0.29, 0.717) is 0 Å². The van der Waals surface area contributed by atoms with Crippen molar-refractivity contribution in [3.63, 3.8) is 0 Å². The fourth-order valence-electron chi connectivity index (χ4n) is 1.86. The maximum absolute atomic E-state index is 4.00. The van der Waals surface area contributed by atoms with Crippen LogP contribution in [0.4, 0.5) is 5.95 Å². The third kappa shape index (κ3) is 1.64. The molecule has 1 aromatic heterocycles. The van der Waals surface area contributed by atoms with Crippen LogP contribution >= 0.6 is 0 Å². The molecule has 1 atom stereocenters. The summed E-state index contributed by atoms with van der Waals surface area (Å²) in [6.45, 7) is 4.43. The molecule has 2 rings (SSSR count). The van der Waals surface area contributed by atoms with E-state index in [1.54, 1.807) is 4.68 Å². The molecule has 2 heterocycles. The standard InChI is InChI=1S/C8H15N5/c1-7-4-3-5-13(6-7)8-9-10-11-12(8)2/h7H,3-6H2,1-2H3/t7-/m0/s1. The fraction of sp³-hybridized carbons (Fsp3) is 0.875. The van der Waals surface area contributed by atoms with Gasteiger partial charge in [-0.2, -0.15) is 0 Å². The van der Waals surface area contributed by atoms with Crippen LogP contribution < -0.4 is 4.90 Å². The first-order valence-corrected chi connectivity index (χ1v) is 4.74. The summed E-state index contributed by atoms with van der Waals surface area (Å²) in [5.41, 5.74) is 0. The lowest BCUT2D eigenvalue weighted by Gasteiger charge is -2.30. The molecule has 5 nitrogen and oxygen atoms in total. The lowest BCUT2D eigenvalue weighted by molar-refractivity contribution is 0.438. The van der Waals surface area contributed by atoms with Gasteiger partial charge >= 0.3 is 0 Å². The van der Waals surface area contributed by atoms with E-state index < -0.39 is 0 Å². The predicted molar refractivity (Wildman–Crippen MR) is 49.4 cm³/mol. The van der Waals surface area contributed by atoms with Gasteiger partial charge < -0.3 is 4.90 Å². The van der Waals surface area contributed by atoms with Crippen LogP contribution in [-0.2, 0) is 7.05 Å². The van der Waals surface area contributed by atoms with Crippen molar-refractivity contribution in [2.75, 3.05) is 18.0 Å².